The quantitative estimate of drug-likeness (QED) is 0.372. The van der Waals surface area contributed by atoms with Crippen LogP contribution in [0.4, 0.5) is 55.5 Å². The zero-order chi connectivity index (χ0) is 26.3. The molecule has 15 heteroatoms. The Hall–Kier alpha value is -3.29. The molecule has 0 saturated heterocycles. The fourth-order valence-corrected chi connectivity index (χ4v) is 3.14. The molecule has 0 aliphatic rings. The number of halogens is 11. The zero-order valence-corrected chi connectivity index (χ0v) is 17.5. The first-order chi connectivity index (χ1) is 16.0. The highest BCUT2D eigenvalue weighted by molar-refractivity contribution is 6.34. The topological polar surface area (TPSA) is 46.9 Å². The van der Waals surface area contributed by atoms with E-state index in [1.807, 2.05) is 5.32 Å². The van der Waals surface area contributed by atoms with Crippen LogP contribution in [0.15, 0.2) is 47.3 Å². The van der Waals surface area contributed by atoms with E-state index in [1.165, 1.54) is 0 Å². The van der Waals surface area contributed by atoms with Gasteiger partial charge in [-0.25, -0.2) is 9.37 Å². The number of aromatic nitrogens is 2. The number of alkyl halides is 9. The van der Waals surface area contributed by atoms with Crippen LogP contribution in [0.5, 0.6) is 0 Å². The normalized spacial score (nSPS) is 12.7. The molecule has 188 valence electrons. The summed E-state index contributed by atoms with van der Waals surface area (Å²) in [7, 11) is 0. The summed E-state index contributed by atoms with van der Waals surface area (Å²) in [5.41, 5.74) is -7.79. The lowest BCUT2D eigenvalue weighted by Crippen LogP contribution is -2.27. The highest BCUT2D eigenvalue weighted by atomic mass is 35.5. The van der Waals surface area contributed by atoms with Gasteiger partial charge in [0, 0.05) is 6.07 Å². The SMILES string of the molecule is O=c1cc(C(F)(F)F)nc(Nc2cc(C(F)(F)F)cc(C(F)(F)F)c2Cl)n1Cc1ccc(F)cc1. The number of rotatable bonds is 4. The van der Waals surface area contributed by atoms with Gasteiger partial charge in [-0.3, -0.25) is 9.36 Å². The number of hydrogen-bond donors (Lipinski definition) is 1. The minimum atomic E-state index is -5.36. The molecule has 2 aromatic carbocycles. The number of benzene rings is 2. The minimum Gasteiger partial charge on any atom is -0.324 e. The molecule has 3 aromatic rings. The summed E-state index contributed by atoms with van der Waals surface area (Å²) in [4.78, 5) is 15.6. The molecule has 3 rings (SSSR count). The summed E-state index contributed by atoms with van der Waals surface area (Å²) in [6, 6.07) is 4.19. The maximum atomic E-state index is 13.3. The molecule has 0 atom stereocenters. The summed E-state index contributed by atoms with van der Waals surface area (Å²) in [5.74, 6) is -1.73. The maximum Gasteiger partial charge on any atom is 0.433 e. The Balaban J connectivity index is 2.22. The first-order valence-electron chi connectivity index (χ1n) is 9.15. The lowest BCUT2D eigenvalue weighted by Gasteiger charge is -2.20. The highest BCUT2D eigenvalue weighted by Crippen LogP contribution is 2.43. The maximum absolute atomic E-state index is 13.3. The first kappa shape index (κ1) is 26.3. The van der Waals surface area contributed by atoms with E-state index in [0.29, 0.717) is 4.57 Å². The van der Waals surface area contributed by atoms with Crippen molar-refractivity contribution >= 4 is 23.2 Å². The molecule has 0 saturated carbocycles. The largest absolute Gasteiger partial charge is 0.433 e. The van der Waals surface area contributed by atoms with Crippen LogP contribution in [-0.2, 0) is 25.1 Å². The van der Waals surface area contributed by atoms with Crippen LogP contribution in [-0.4, -0.2) is 9.55 Å². The molecule has 0 bridgehead atoms. The fraction of sp³-hybridized carbons (Fsp3) is 0.200. The van der Waals surface area contributed by atoms with Gasteiger partial charge in [0.2, 0.25) is 5.95 Å². The van der Waals surface area contributed by atoms with Crippen LogP contribution in [0.2, 0.25) is 5.02 Å². The Morgan fingerprint density at radius 2 is 1.46 bits per heavy atom. The van der Waals surface area contributed by atoms with Crippen molar-refractivity contribution < 1.29 is 43.9 Å². The van der Waals surface area contributed by atoms with Crippen molar-refractivity contribution in [1.29, 1.82) is 0 Å². The second kappa shape index (κ2) is 9.06. The molecule has 0 aliphatic heterocycles. The van der Waals surface area contributed by atoms with Crippen LogP contribution < -0.4 is 10.9 Å². The van der Waals surface area contributed by atoms with Gasteiger partial charge in [-0.15, -0.1) is 0 Å². The van der Waals surface area contributed by atoms with Crippen molar-refractivity contribution in [2.45, 2.75) is 25.1 Å². The Labute approximate surface area is 193 Å². The predicted molar refractivity (Wildman–Crippen MR) is 104 cm³/mol. The molecule has 0 fully saturated rings. The first-order valence-corrected chi connectivity index (χ1v) is 9.53. The van der Waals surface area contributed by atoms with Gasteiger partial charge in [0.05, 0.1) is 28.4 Å². The third kappa shape index (κ3) is 6.05. The van der Waals surface area contributed by atoms with E-state index in [0.717, 1.165) is 24.3 Å². The Morgan fingerprint density at radius 1 is 0.857 bits per heavy atom. The number of nitrogens with zero attached hydrogens (tertiary/aromatic N) is 2. The lowest BCUT2D eigenvalue weighted by molar-refractivity contribution is -0.143. The average molecular weight is 534 g/mol. The molecule has 4 nitrogen and oxygen atoms in total. The van der Waals surface area contributed by atoms with Crippen molar-refractivity contribution in [3.05, 3.63) is 86.0 Å². The van der Waals surface area contributed by atoms with Gasteiger partial charge in [-0.05, 0) is 29.8 Å². The van der Waals surface area contributed by atoms with Crippen LogP contribution in [0.3, 0.4) is 0 Å². The minimum absolute atomic E-state index is 0.0869. The van der Waals surface area contributed by atoms with E-state index in [2.05, 4.69) is 4.98 Å². The van der Waals surface area contributed by atoms with Crippen molar-refractivity contribution in [3.8, 4) is 0 Å². The van der Waals surface area contributed by atoms with E-state index < -0.39 is 69.9 Å². The van der Waals surface area contributed by atoms with Crippen LogP contribution in [0, 0.1) is 5.82 Å². The number of anilines is 2. The van der Waals surface area contributed by atoms with Crippen molar-refractivity contribution in [2.75, 3.05) is 5.32 Å². The Kier molecular flexibility index (Phi) is 6.81. The molecule has 1 heterocycles. The molecule has 1 N–H and O–H groups in total. The lowest BCUT2D eigenvalue weighted by atomic mass is 10.1. The van der Waals surface area contributed by atoms with E-state index in [1.54, 1.807) is 0 Å². The van der Waals surface area contributed by atoms with Gasteiger partial charge in [0.1, 0.15) is 5.82 Å². The summed E-state index contributed by atoms with van der Waals surface area (Å²) in [5, 5.41) is 0.596. The van der Waals surface area contributed by atoms with Gasteiger partial charge >= 0.3 is 18.5 Å². The van der Waals surface area contributed by atoms with Crippen LogP contribution >= 0.6 is 11.6 Å². The average Bonchev–Trinajstić information content (AvgIpc) is 2.70. The third-order valence-corrected chi connectivity index (χ3v) is 4.91. The van der Waals surface area contributed by atoms with E-state index >= 15 is 0 Å². The monoisotopic (exact) mass is 533 g/mol. The summed E-state index contributed by atoms with van der Waals surface area (Å²) in [6.45, 7) is -0.560. The van der Waals surface area contributed by atoms with Gasteiger partial charge in [-0.1, -0.05) is 23.7 Å². The summed E-state index contributed by atoms with van der Waals surface area (Å²) >= 11 is 5.64. The van der Waals surface area contributed by atoms with E-state index in [9.17, 15) is 48.7 Å². The molecule has 0 aliphatic carbocycles. The van der Waals surface area contributed by atoms with Gasteiger partial charge in [0.25, 0.3) is 5.56 Å². The molecule has 0 amide bonds. The molecule has 0 unspecified atom stereocenters. The van der Waals surface area contributed by atoms with Crippen molar-refractivity contribution in [3.63, 3.8) is 0 Å². The molecule has 1 aromatic heterocycles. The van der Waals surface area contributed by atoms with Gasteiger partial charge < -0.3 is 5.32 Å². The molecule has 0 radical (unpaired) electrons. The zero-order valence-electron chi connectivity index (χ0n) is 16.7. The fourth-order valence-electron chi connectivity index (χ4n) is 2.88. The van der Waals surface area contributed by atoms with E-state index in [4.69, 9.17) is 11.6 Å². The van der Waals surface area contributed by atoms with Crippen molar-refractivity contribution in [1.82, 2.24) is 9.55 Å². The van der Waals surface area contributed by atoms with Crippen LogP contribution in [0.1, 0.15) is 22.4 Å². The Morgan fingerprint density at radius 3 is 1.97 bits per heavy atom. The van der Waals surface area contributed by atoms with Gasteiger partial charge in [-0.2, -0.15) is 39.5 Å². The van der Waals surface area contributed by atoms with E-state index in [-0.39, 0.29) is 23.8 Å². The van der Waals surface area contributed by atoms with Crippen LogP contribution in [0.25, 0.3) is 0 Å². The second-order valence-electron chi connectivity index (χ2n) is 7.02. The third-order valence-electron chi connectivity index (χ3n) is 4.50. The Bertz CT molecular complexity index is 1300. The molecule has 0 spiro atoms. The number of nitrogens with one attached hydrogen (secondary N) is 1. The smallest absolute Gasteiger partial charge is 0.324 e. The molecule has 35 heavy (non-hydrogen) atoms. The summed E-state index contributed by atoms with van der Waals surface area (Å²) < 4.78 is 133. The highest BCUT2D eigenvalue weighted by Gasteiger charge is 2.40. The summed E-state index contributed by atoms with van der Waals surface area (Å²) in [6.07, 6.45) is -15.8. The van der Waals surface area contributed by atoms with Gasteiger partial charge in [0.15, 0.2) is 5.69 Å². The second-order valence-corrected chi connectivity index (χ2v) is 7.40. The number of hydrogen-bond acceptors (Lipinski definition) is 3. The predicted octanol–water partition coefficient (Wildman–Crippen LogP) is 6.88. The molecular weight excluding hydrogens is 524 g/mol. The molecular formula is C20H10ClF10N3O. The standard InChI is InChI=1S/C20H10ClF10N3O/c21-16-12(19(26,27)28)5-10(18(23,24)25)6-13(16)32-17-33-14(20(29,30)31)7-15(35)34(17)8-9-1-3-11(22)4-2-9/h1-7H,8H2,(H,32,33). The van der Waals surface area contributed by atoms with Crippen molar-refractivity contribution in [2.24, 2.45) is 0 Å².